The normalized spacial score (nSPS) is 14.4. The molecular weight excluding hydrogens is 494 g/mol. The molecule has 8 nitrogen and oxygen atoms in total. The van der Waals surface area contributed by atoms with Crippen LogP contribution in [0, 0.1) is 18.3 Å². The summed E-state index contributed by atoms with van der Waals surface area (Å²) in [5.74, 6) is -1.02. The van der Waals surface area contributed by atoms with Gasteiger partial charge in [-0.1, -0.05) is 48.0 Å². The van der Waals surface area contributed by atoms with Gasteiger partial charge in [0.25, 0.3) is 11.8 Å². The van der Waals surface area contributed by atoms with Crippen LogP contribution in [0.3, 0.4) is 0 Å². The number of urea groups is 1. The number of para-hydroxylation sites is 1. The molecule has 37 heavy (non-hydrogen) atoms. The van der Waals surface area contributed by atoms with Gasteiger partial charge in [0.1, 0.15) is 12.2 Å². The fourth-order valence-corrected chi connectivity index (χ4v) is 4.11. The number of hydrogen-bond donors (Lipinski definition) is 1. The van der Waals surface area contributed by atoms with E-state index in [0.29, 0.717) is 40.3 Å². The van der Waals surface area contributed by atoms with Crippen LogP contribution in [0.2, 0.25) is 5.02 Å². The second-order valence-electron chi connectivity index (χ2n) is 8.06. The monoisotopic (exact) mass is 515 g/mol. The van der Waals surface area contributed by atoms with E-state index < -0.39 is 17.8 Å². The maximum absolute atomic E-state index is 13.2. The van der Waals surface area contributed by atoms with Crippen LogP contribution < -0.4 is 19.7 Å². The van der Waals surface area contributed by atoms with E-state index in [1.54, 1.807) is 68.4 Å². The number of nitriles is 1. The number of aryl methyl sites for hydroxylation is 1. The van der Waals surface area contributed by atoms with Crippen molar-refractivity contribution in [2.24, 2.45) is 0 Å². The topological polar surface area (TPSA) is 109 Å². The zero-order chi connectivity index (χ0) is 26.5. The molecule has 1 aliphatic heterocycles. The van der Waals surface area contributed by atoms with Gasteiger partial charge in [0, 0.05) is 5.56 Å². The minimum absolute atomic E-state index is 0.0817. The standard InChI is InChI=1S/C28H22ClN3O5/c1-3-36-24-14-18(13-22(29)25(24)37-16-20-10-6-5-9-19(20)15-30)12-21-26(33)31-28(35)32(27(21)34)23-11-7-4-8-17(23)2/h4-14H,3,16H2,1-2H3,(H,31,33,35)/b21-12+. The van der Waals surface area contributed by atoms with E-state index in [1.807, 2.05) is 0 Å². The summed E-state index contributed by atoms with van der Waals surface area (Å²) in [5.41, 5.74) is 2.39. The second kappa shape index (κ2) is 11.0. The van der Waals surface area contributed by atoms with Gasteiger partial charge in [-0.25, -0.2) is 9.69 Å². The summed E-state index contributed by atoms with van der Waals surface area (Å²) < 4.78 is 11.6. The van der Waals surface area contributed by atoms with Gasteiger partial charge >= 0.3 is 6.03 Å². The molecule has 0 unspecified atom stereocenters. The van der Waals surface area contributed by atoms with Crippen molar-refractivity contribution in [1.29, 1.82) is 5.26 Å². The van der Waals surface area contributed by atoms with Crippen LogP contribution >= 0.6 is 11.6 Å². The molecule has 9 heteroatoms. The van der Waals surface area contributed by atoms with Gasteiger partial charge in [0.2, 0.25) is 0 Å². The molecule has 1 aliphatic rings. The molecule has 4 amide bonds. The number of rotatable bonds is 7. The fourth-order valence-electron chi connectivity index (χ4n) is 3.84. The van der Waals surface area contributed by atoms with E-state index in [1.165, 1.54) is 12.1 Å². The lowest BCUT2D eigenvalue weighted by Gasteiger charge is -2.27. The lowest BCUT2D eigenvalue weighted by molar-refractivity contribution is -0.122. The Hall–Kier alpha value is -4.61. The number of nitrogens with one attached hydrogen (secondary N) is 1. The van der Waals surface area contributed by atoms with E-state index in [-0.39, 0.29) is 23.0 Å². The van der Waals surface area contributed by atoms with E-state index in [0.717, 1.165) is 4.90 Å². The number of halogens is 1. The minimum Gasteiger partial charge on any atom is -0.490 e. The average molecular weight is 516 g/mol. The number of amides is 4. The van der Waals surface area contributed by atoms with Gasteiger partial charge in [0.05, 0.1) is 28.9 Å². The van der Waals surface area contributed by atoms with Gasteiger partial charge in [-0.3, -0.25) is 14.9 Å². The van der Waals surface area contributed by atoms with Crippen molar-refractivity contribution in [2.75, 3.05) is 11.5 Å². The van der Waals surface area contributed by atoms with Crippen molar-refractivity contribution in [3.8, 4) is 17.6 Å². The third-order valence-electron chi connectivity index (χ3n) is 5.61. The van der Waals surface area contributed by atoms with Crippen molar-refractivity contribution < 1.29 is 23.9 Å². The Morgan fingerprint density at radius 1 is 1.05 bits per heavy atom. The Kier molecular flexibility index (Phi) is 7.56. The Bertz CT molecular complexity index is 1470. The van der Waals surface area contributed by atoms with Crippen LogP contribution in [0.5, 0.6) is 11.5 Å². The van der Waals surface area contributed by atoms with Crippen molar-refractivity contribution in [2.45, 2.75) is 20.5 Å². The average Bonchev–Trinajstić information content (AvgIpc) is 2.87. The molecule has 0 spiro atoms. The zero-order valence-corrected chi connectivity index (χ0v) is 20.8. The van der Waals surface area contributed by atoms with Gasteiger partial charge in [-0.05, 0) is 55.3 Å². The number of nitrogens with zero attached hydrogens (tertiary/aromatic N) is 2. The minimum atomic E-state index is -0.823. The quantitative estimate of drug-likeness (QED) is 0.344. The third kappa shape index (κ3) is 5.32. The lowest BCUT2D eigenvalue weighted by Crippen LogP contribution is -2.54. The van der Waals surface area contributed by atoms with Crippen LogP contribution in [0.25, 0.3) is 6.08 Å². The summed E-state index contributed by atoms with van der Waals surface area (Å²) in [7, 11) is 0. The molecule has 3 aromatic rings. The first-order valence-corrected chi connectivity index (χ1v) is 11.8. The number of carbonyl (C=O) groups excluding carboxylic acids is 3. The molecule has 186 valence electrons. The van der Waals surface area contributed by atoms with Crippen LogP contribution in [-0.2, 0) is 16.2 Å². The summed E-state index contributed by atoms with van der Waals surface area (Å²) >= 11 is 6.52. The van der Waals surface area contributed by atoms with Crippen molar-refractivity contribution >= 4 is 41.2 Å². The summed E-state index contributed by atoms with van der Waals surface area (Å²) in [6.07, 6.45) is 1.35. The molecule has 4 rings (SSSR count). The predicted molar refractivity (Wildman–Crippen MR) is 138 cm³/mol. The van der Waals surface area contributed by atoms with Gasteiger partial charge in [0.15, 0.2) is 11.5 Å². The number of carbonyl (C=O) groups is 3. The number of benzene rings is 3. The smallest absolute Gasteiger partial charge is 0.335 e. The maximum atomic E-state index is 13.2. The van der Waals surface area contributed by atoms with Crippen molar-refractivity contribution in [3.63, 3.8) is 0 Å². The first-order chi connectivity index (χ1) is 17.8. The van der Waals surface area contributed by atoms with E-state index in [2.05, 4.69) is 11.4 Å². The molecule has 0 bridgehead atoms. The Morgan fingerprint density at radius 3 is 2.51 bits per heavy atom. The zero-order valence-electron chi connectivity index (χ0n) is 20.1. The number of ether oxygens (including phenoxy) is 2. The van der Waals surface area contributed by atoms with Gasteiger partial charge in [-0.15, -0.1) is 0 Å². The van der Waals surface area contributed by atoms with Crippen LogP contribution in [0.15, 0.2) is 66.2 Å². The second-order valence-corrected chi connectivity index (χ2v) is 8.47. The number of hydrogen-bond acceptors (Lipinski definition) is 6. The molecule has 3 aromatic carbocycles. The number of barbiturate groups is 1. The molecule has 0 saturated carbocycles. The van der Waals surface area contributed by atoms with Crippen LogP contribution in [-0.4, -0.2) is 24.5 Å². The Morgan fingerprint density at radius 2 is 1.78 bits per heavy atom. The Balaban J connectivity index is 1.68. The molecule has 1 heterocycles. The molecule has 1 saturated heterocycles. The first kappa shape index (κ1) is 25.5. The fraction of sp³-hybridized carbons (Fsp3) is 0.143. The summed E-state index contributed by atoms with van der Waals surface area (Å²) in [6, 6.07) is 18.3. The highest BCUT2D eigenvalue weighted by Crippen LogP contribution is 2.38. The largest absolute Gasteiger partial charge is 0.490 e. The highest BCUT2D eigenvalue weighted by Gasteiger charge is 2.37. The summed E-state index contributed by atoms with van der Waals surface area (Å²) in [4.78, 5) is 39.3. The highest BCUT2D eigenvalue weighted by atomic mass is 35.5. The SMILES string of the molecule is CCOc1cc(/C=C2\C(=O)NC(=O)N(c3ccccc3C)C2=O)cc(Cl)c1OCc1ccccc1C#N. The molecule has 0 aliphatic carbocycles. The number of anilines is 1. The van der Waals surface area contributed by atoms with E-state index in [4.69, 9.17) is 21.1 Å². The van der Waals surface area contributed by atoms with E-state index >= 15 is 0 Å². The van der Waals surface area contributed by atoms with Crippen molar-refractivity contribution in [3.05, 3.63) is 93.5 Å². The highest BCUT2D eigenvalue weighted by molar-refractivity contribution is 6.39. The molecule has 1 N–H and O–H groups in total. The van der Waals surface area contributed by atoms with Crippen LogP contribution in [0.4, 0.5) is 10.5 Å². The van der Waals surface area contributed by atoms with Gasteiger partial charge in [-0.2, -0.15) is 5.26 Å². The van der Waals surface area contributed by atoms with Gasteiger partial charge < -0.3 is 9.47 Å². The lowest BCUT2D eigenvalue weighted by atomic mass is 10.1. The van der Waals surface area contributed by atoms with E-state index in [9.17, 15) is 19.6 Å². The predicted octanol–water partition coefficient (Wildman–Crippen LogP) is 5.16. The van der Waals surface area contributed by atoms with Crippen molar-refractivity contribution in [1.82, 2.24) is 5.32 Å². The third-order valence-corrected chi connectivity index (χ3v) is 5.89. The molecule has 0 atom stereocenters. The summed E-state index contributed by atoms with van der Waals surface area (Å²) in [5, 5.41) is 11.7. The Labute approximate surface area is 218 Å². The number of imide groups is 2. The first-order valence-electron chi connectivity index (χ1n) is 11.4. The maximum Gasteiger partial charge on any atom is 0.335 e. The molecule has 0 aromatic heterocycles. The molecule has 0 radical (unpaired) electrons. The summed E-state index contributed by atoms with van der Waals surface area (Å²) in [6.45, 7) is 3.93. The molecular formula is C28H22ClN3O5. The van der Waals surface area contributed by atoms with Crippen LogP contribution in [0.1, 0.15) is 29.2 Å². The molecule has 1 fully saturated rings.